The summed E-state index contributed by atoms with van der Waals surface area (Å²) in [5.41, 5.74) is 0.669. The molecule has 1 fully saturated rings. The summed E-state index contributed by atoms with van der Waals surface area (Å²) in [5, 5.41) is 11.6. The van der Waals surface area contributed by atoms with E-state index in [-0.39, 0.29) is 11.3 Å². The zero-order valence-electron chi connectivity index (χ0n) is 14.9. The molecule has 0 bridgehead atoms. The maximum Gasteiger partial charge on any atom is 0.316 e. The molecule has 2 rings (SSSR count). The standard InChI is InChI=1S/C19H27NO4S/c1-14(18(22)23)25-16-8-4-3-7-15(16)17(21)20-13-19(11-12-24-2)9-5-6-10-19/h3-4,7-8,14H,5-6,9-13H2,1-2H3,(H,20,21)(H,22,23). The molecular weight excluding hydrogens is 338 g/mol. The summed E-state index contributed by atoms with van der Waals surface area (Å²) in [7, 11) is 1.71. The Balaban J connectivity index is 2.04. The number of hydrogen-bond donors (Lipinski definition) is 2. The molecule has 1 unspecified atom stereocenters. The van der Waals surface area contributed by atoms with Crippen molar-refractivity contribution in [3.05, 3.63) is 29.8 Å². The SMILES string of the molecule is COCCC1(CNC(=O)c2ccccc2SC(C)C(=O)O)CCCC1. The van der Waals surface area contributed by atoms with Gasteiger partial charge in [0.2, 0.25) is 0 Å². The summed E-state index contributed by atoms with van der Waals surface area (Å²) in [6, 6.07) is 7.18. The predicted octanol–water partition coefficient (Wildman–Crippen LogP) is 3.58. The zero-order chi connectivity index (χ0) is 18.3. The van der Waals surface area contributed by atoms with Gasteiger partial charge in [-0.3, -0.25) is 9.59 Å². The lowest BCUT2D eigenvalue weighted by atomic mass is 9.83. The summed E-state index contributed by atoms with van der Waals surface area (Å²) < 4.78 is 5.23. The first-order valence-electron chi connectivity index (χ1n) is 8.73. The van der Waals surface area contributed by atoms with Gasteiger partial charge in [0.05, 0.1) is 5.56 Å². The van der Waals surface area contributed by atoms with Crippen molar-refractivity contribution in [3.8, 4) is 0 Å². The Kier molecular flexibility index (Phi) is 7.32. The number of benzene rings is 1. The lowest BCUT2D eigenvalue weighted by Crippen LogP contribution is -2.37. The molecule has 1 aromatic carbocycles. The van der Waals surface area contributed by atoms with E-state index >= 15 is 0 Å². The topological polar surface area (TPSA) is 75.6 Å². The maximum absolute atomic E-state index is 12.7. The van der Waals surface area contributed by atoms with Gasteiger partial charge < -0.3 is 15.2 Å². The van der Waals surface area contributed by atoms with Crippen molar-refractivity contribution in [3.63, 3.8) is 0 Å². The number of nitrogens with one attached hydrogen (secondary N) is 1. The summed E-state index contributed by atoms with van der Waals surface area (Å²) in [4.78, 5) is 24.5. The Morgan fingerprint density at radius 1 is 1.32 bits per heavy atom. The Morgan fingerprint density at radius 2 is 2.00 bits per heavy atom. The van der Waals surface area contributed by atoms with Gasteiger partial charge in [-0.2, -0.15) is 0 Å². The lowest BCUT2D eigenvalue weighted by molar-refractivity contribution is -0.136. The van der Waals surface area contributed by atoms with E-state index in [2.05, 4.69) is 5.32 Å². The molecule has 5 nitrogen and oxygen atoms in total. The molecule has 138 valence electrons. The second kappa shape index (κ2) is 9.25. The molecule has 1 atom stereocenters. The van der Waals surface area contributed by atoms with Gasteiger partial charge in [0.15, 0.2) is 0 Å². The largest absolute Gasteiger partial charge is 0.480 e. The monoisotopic (exact) mass is 365 g/mol. The van der Waals surface area contributed by atoms with Crippen LogP contribution in [-0.2, 0) is 9.53 Å². The Labute approximate surface area is 153 Å². The van der Waals surface area contributed by atoms with E-state index in [0.29, 0.717) is 23.6 Å². The number of carboxylic acids is 1. The van der Waals surface area contributed by atoms with Crippen LogP contribution in [0, 0.1) is 5.41 Å². The van der Waals surface area contributed by atoms with Gasteiger partial charge in [0.25, 0.3) is 5.91 Å². The van der Waals surface area contributed by atoms with E-state index < -0.39 is 11.2 Å². The van der Waals surface area contributed by atoms with Crippen molar-refractivity contribution in [2.75, 3.05) is 20.3 Å². The van der Waals surface area contributed by atoms with Crippen LogP contribution in [0.1, 0.15) is 49.4 Å². The molecule has 0 radical (unpaired) electrons. The van der Waals surface area contributed by atoms with Gasteiger partial charge in [0.1, 0.15) is 5.25 Å². The number of carboxylic acid groups (broad SMARTS) is 1. The number of amides is 1. The van der Waals surface area contributed by atoms with Crippen molar-refractivity contribution in [1.82, 2.24) is 5.32 Å². The second-order valence-corrected chi connectivity index (χ2v) is 8.11. The summed E-state index contributed by atoms with van der Waals surface area (Å²) >= 11 is 1.20. The number of thioether (sulfide) groups is 1. The second-order valence-electron chi connectivity index (χ2n) is 6.73. The Morgan fingerprint density at radius 3 is 2.64 bits per heavy atom. The van der Waals surface area contributed by atoms with Crippen LogP contribution in [0.2, 0.25) is 0 Å². The highest BCUT2D eigenvalue weighted by Crippen LogP contribution is 2.40. The number of methoxy groups -OCH3 is 1. The number of aliphatic carboxylic acids is 1. The molecule has 1 aliphatic rings. The average Bonchev–Trinajstić information content (AvgIpc) is 3.07. The third kappa shape index (κ3) is 5.47. The van der Waals surface area contributed by atoms with E-state index in [0.717, 1.165) is 19.3 Å². The van der Waals surface area contributed by atoms with Crippen LogP contribution in [0.4, 0.5) is 0 Å². The van der Waals surface area contributed by atoms with Crippen molar-refractivity contribution in [1.29, 1.82) is 0 Å². The minimum Gasteiger partial charge on any atom is -0.480 e. The van der Waals surface area contributed by atoms with Crippen molar-refractivity contribution >= 4 is 23.6 Å². The molecule has 1 aliphatic carbocycles. The van der Waals surface area contributed by atoms with Gasteiger partial charge in [-0.1, -0.05) is 25.0 Å². The molecule has 6 heteroatoms. The van der Waals surface area contributed by atoms with E-state index in [1.54, 1.807) is 32.2 Å². The van der Waals surface area contributed by atoms with Gasteiger partial charge in [-0.15, -0.1) is 11.8 Å². The number of rotatable bonds is 9. The number of carbonyl (C=O) groups is 2. The van der Waals surface area contributed by atoms with Crippen LogP contribution in [0.3, 0.4) is 0 Å². The Hall–Kier alpha value is -1.53. The molecule has 0 aromatic heterocycles. The molecule has 0 saturated heterocycles. The molecule has 2 N–H and O–H groups in total. The van der Waals surface area contributed by atoms with Gasteiger partial charge in [-0.05, 0) is 43.7 Å². The molecule has 1 aromatic rings. The first kappa shape index (κ1) is 19.8. The quantitative estimate of drug-likeness (QED) is 0.654. The van der Waals surface area contributed by atoms with Crippen LogP contribution >= 0.6 is 11.8 Å². The predicted molar refractivity (Wildman–Crippen MR) is 99.1 cm³/mol. The number of carbonyl (C=O) groups excluding carboxylic acids is 1. The minimum atomic E-state index is -0.885. The third-order valence-electron chi connectivity index (χ3n) is 4.91. The summed E-state index contributed by atoms with van der Waals surface area (Å²) in [6.07, 6.45) is 5.58. The highest BCUT2D eigenvalue weighted by molar-refractivity contribution is 8.00. The number of ether oxygens (including phenoxy) is 1. The smallest absolute Gasteiger partial charge is 0.316 e. The first-order chi connectivity index (χ1) is 12.0. The van der Waals surface area contributed by atoms with Gasteiger partial charge in [-0.25, -0.2) is 0 Å². The van der Waals surface area contributed by atoms with Crippen LogP contribution in [0.25, 0.3) is 0 Å². The fourth-order valence-electron chi connectivity index (χ4n) is 3.32. The minimum absolute atomic E-state index is 0.127. The molecule has 0 heterocycles. The fraction of sp³-hybridized carbons (Fsp3) is 0.579. The molecule has 0 spiro atoms. The zero-order valence-corrected chi connectivity index (χ0v) is 15.7. The molecular formula is C19H27NO4S. The summed E-state index contributed by atoms with van der Waals surface area (Å²) in [6.45, 7) is 2.97. The molecule has 1 amide bonds. The molecule has 0 aliphatic heterocycles. The van der Waals surface area contributed by atoms with Gasteiger partial charge >= 0.3 is 5.97 Å². The van der Waals surface area contributed by atoms with Gasteiger partial charge in [0, 0.05) is 25.2 Å². The van der Waals surface area contributed by atoms with Crippen LogP contribution in [-0.4, -0.2) is 42.5 Å². The normalized spacial score (nSPS) is 17.2. The highest BCUT2D eigenvalue weighted by atomic mass is 32.2. The van der Waals surface area contributed by atoms with Crippen LogP contribution in [0.5, 0.6) is 0 Å². The summed E-state index contributed by atoms with van der Waals surface area (Å²) in [5.74, 6) is -1.02. The van der Waals surface area contributed by atoms with E-state index in [9.17, 15) is 9.59 Å². The van der Waals surface area contributed by atoms with E-state index in [1.165, 1.54) is 24.6 Å². The fourth-order valence-corrected chi connectivity index (χ4v) is 4.25. The van der Waals surface area contributed by atoms with E-state index in [4.69, 9.17) is 9.84 Å². The van der Waals surface area contributed by atoms with Crippen molar-refractivity contribution < 1.29 is 19.4 Å². The average molecular weight is 365 g/mol. The van der Waals surface area contributed by atoms with Crippen molar-refractivity contribution in [2.45, 2.75) is 49.2 Å². The third-order valence-corrected chi connectivity index (χ3v) is 6.07. The van der Waals surface area contributed by atoms with E-state index in [1.807, 2.05) is 6.07 Å². The first-order valence-corrected chi connectivity index (χ1v) is 9.61. The van der Waals surface area contributed by atoms with Crippen LogP contribution in [0.15, 0.2) is 29.2 Å². The van der Waals surface area contributed by atoms with Crippen LogP contribution < -0.4 is 5.32 Å². The lowest BCUT2D eigenvalue weighted by Gasteiger charge is -2.29. The highest BCUT2D eigenvalue weighted by Gasteiger charge is 2.34. The molecule has 25 heavy (non-hydrogen) atoms. The molecule has 1 saturated carbocycles. The Bertz CT molecular complexity index is 599. The maximum atomic E-state index is 12.7. The van der Waals surface area contributed by atoms with Crippen molar-refractivity contribution in [2.24, 2.45) is 5.41 Å². The number of hydrogen-bond acceptors (Lipinski definition) is 4.